The number of hydrogen-bond donors (Lipinski definition) is 2. The highest BCUT2D eigenvalue weighted by atomic mass is 19.4. The van der Waals surface area contributed by atoms with Crippen LogP contribution in [-0.4, -0.2) is 18.4 Å². The Morgan fingerprint density at radius 2 is 1.29 bits per heavy atom. The van der Waals surface area contributed by atoms with Crippen LogP contribution in [0.1, 0.15) is 34.2 Å². The van der Waals surface area contributed by atoms with Crippen molar-refractivity contribution in [3.63, 3.8) is 0 Å². The van der Waals surface area contributed by atoms with Crippen molar-refractivity contribution in [1.29, 1.82) is 0 Å². The number of nitrogen functional groups attached to an aromatic ring is 1. The number of anilines is 1. The number of benzene rings is 2. The first-order chi connectivity index (χ1) is 15.8. The van der Waals surface area contributed by atoms with Gasteiger partial charge in [0.1, 0.15) is 5.41 Å². The van der Waals surface area contributed by atoms with Crippen LogP contribution in [0.5, 0.6) is 0 Å². The molecule has 0 saturated carbocycles. The standard InChI is InChI=1S/C20H13F12N3/c21-17(22,23)11-4-10(5-12(6-11)18(24,25)26)16(20(30,31)32)7-15(34-8-16)9-1-2-14(35-33)13(3-9)19(27,28)29/h1-6,35H,7-8,33H2. The average Bonchev–Trinajstić information content (AvgIpc) is 3.18. The van der Waals surface area contributed by atoms with Crippen LogP contribution in [0.4, 0.5) is 58.4 Å². The first kappa shape index (κ1) is 26.6. The third-order valence-electron chi connectivity index (χ3n) is 5.51. The summed E-state index contributed by atoms with van der Waals surface area (Å²) in [6.07, 6.45) is -22.5. The largest absolute Gasteiger partial charge is 0.418 e. The summed E-state index contributed by atoms with van der Waals surface area (Å²) >= 11 is 0. The molecule has 2 aromatic rings. The Hall–Kier alpha value is -2.97. The van der Waals surface area contributed by atoms with Crippen LogP contribution in [-0.2, 0) is 23.9 Å². The molecule has 3 nitrogen and oxygen atoms in total. The third-order valence-corrected chi connectivity index (χ3v) is 5.51. The second kappa shape index (κ2) is 8.31. The lowest BCUT2D eigenvalue weighted by molar-refractivity contribution is -0.184. The van der Waals surface area contributed by atoms with Crippen LogP contribution >= 0.6 is 0 Å². The molecular weight excluding hydrogens is 510 g/mol. The van der Waals surface area contributed by atoms with Crippen molar-refractivity contribution in [2.45, 2.75) is 36.5 Å². The molecule has 0 amide bonds. The fourth-order valence-corrected chi connectivity index (χ4v) is 3.68. The van der Waals surface area contributed by atoms with Crippen LogP contribution in [0.15, 0.2) is 41.4 Å². The Bertz CT molecular complexity index is 1110. The maximum absolute atomic E-state index is 14.2. The van der Waals surface area contributed by atoms with E-state index in [9.17, 15) is 52.7 Å². The van der Waals surface area contributed by atoms with Gasteiger partial charge in [0.2, 0.25) is 0 Å². The molecule has 192 valence electrons. The number of halogens is 12. The summed E-state index contributed by atoms with van der Waals surface area (Å²) in [4.78, 5) is 3.58. The highest BCUT2D eigenvalue weighted by Crippen LogP contribution is 2.50. The van der Waals surface area contributed by atoms with Gasteiger partial charge in [-0.3, -0.25) is 10.8 Å². The number of hydrazine groups is 1. The van der Waals surface area contributed by atoms with Gasteiger partial charge in [-0.05, 0) is 41.5 Å². The Kier molecular flexibility index (Phi) is 6.32. The minimum atomic E-state index is -5.41. The first-order valence-electron chi connectivity index (χ1n) is 9.38. The predicted octanol–water partition coefficient (Wildman–Crippen LogP) is 6.72. The number of aliphatic imine (C=N–C) groups is 1. The zero-order valence-electron chi connectivity index (χ0n) is 16.9. The van der Waals surface area contributed by atoms with Gasteiger partial charge in [-0.25, -0.2) is 0 Å². The first-order valence-corrected chi connectivity index (χ1v) is 9.38. The summed E-state index contributed by atoms with van der Waals surface area (Å²) in [5.41, 5.74) is -9.86. The van der Waals surface area contributed by atoms with E-state index in [1.54, 1.807) is 5.43 Å². The molecule has 3 N–H and O–H groups in total. The molecule has 3 rings (SSSR count). The SMILES string of the molecule is NNc1ccc(C2=NCC(c3cc(C(F)(F)F)cc(C(F)(F)F)c3)(C(F)(F)F)C2)cc1C(F)(F)F. The van der Waals surface area contributed by atoms with Crippen LogP contribution in [0, 0.1) is 0 Å². The normalized spacial score (nSPS) is 19.6. The highest BCUT2D eigenvalue weighted by molar-refractivity contribution is 6.03. The van der Waals surface area contributed by atoms with Gasteiger partial charge in [-0.2, -0.15) is 52.7 Å². The lowest BCUT2D eigenvalue weighted by Gasteiger charge is -2.32. The van der Waals surface area contributed by atoms with Gasteiger partial charge in [-0.15, -0.1) is 0 Å². The molecule has 0 saturated heterocycles. The van der Waals surface area contributed by atoms with E-state index in [-0.39, 0.29) is 18.2 Å². The van der Waals surface area contributed by atoms with E-state index in [1.165, 1.54) is 0 Å². The van der Waals surface area contributed by atoms with E-state index in [2.05, 4.69) is 4.99 Å². The quantitative estimate of drug-likeness (QED) is 0.267. The van der Waals surface area contributed by atoms with Crippen molar-refractivity contribution in [2.75, 3.05) is 12.0 Å². The summed E-state index contributed by atoms with van der Waals surface area (Å²) in [5, 5.41) is 0. The van der Waals surface area contributed by atoms with Crippen LogP contribution in [0.25, 0.3) is 0 Å². The summed E-state index contributed by atoms with van der Waals surface area (Å²) in [6, 6.07) is 1.77. The van der Waals surface area contributed by atoms with E-state index in [4.69, 9.17) is 5.84 Å². The van der Waals surface area contributed by atoms with Gasteiger partial charge in [0.15, 0.2) is 0 Å². The van der Waals surface area contributed by atoms with Crippen LogP contribution in [0.2, 0.25) is 0 Å². The van der Waals surface area contributed by atoms with Crippen molar-refractivity contribution in [3.8, 4) is 0 Å². The summed E-state index contributed by atoms with van der Waals surface area (Å²) < 4.78 is 162. The second-order valence-corrected chi connectivity index (χ2v) is 7.72. The lowest BCUT2D eigenvalue weighted by atomic mass is 9.75. The van der Waals surface area contributed by atoms with E-state index >= 15 is 0 Å². The molecule has 0 aliphatic carbocycles. The summed E-state index contributed by atoms with van der Waals surface area (Å²) in [7, 11) is 0. The summed E-state index contributed by atoms with van der Waals surface area (Å²) in [5.74, 6) is 5.01. The fraction of sp³-hybridized carbons (Fsp3) is 0.350. The molecule has 0 spiro atoms. The van der Waals surface area contributed by atoms with Gasteiger partial charge in [0, 0.05) is 12.1 Å². The van der Waals surface area contributed by atoms with E-state index in [1.807, 2.05) is 0 Å². The molecule has 1 unspecified atom stereocenters. The number of nitrogens with two attached hydrogens (primary N) is 1. The molecule has 35 heavy (non-hydrogen) atoms. The maximum atomic E-state index is 14.2. The van der Waals surface area contributed by atoms with Crippen molar-refractivity contribution < 1.29 is 52.7 Å². The predicted molar refractivity (Wildman–Crippen MR) is 99.5 cm³/mol. The smallest absolute Gasteiger partial charge is 0.324 e. The van der Waals surface area contributed by atoms with Gasteiger partial charge < -0.3 is 5.43 Å². The Morgan fingerprint density at radius 1 is 0.743 bits per heavy atom. The Balaban J connectivity index is 2.16. The molecule has 0 fully saturated rings. The third kappa shape index (κ3) is 5.04. The van der Waals surface area contributed by atoms with Crippen molar-refractivity contribution in [2.24, 2.45) is 10.8 Å². The highest BCUT2D eigenvalue weighted by Gasteiger charge is 2.59. The molecule has 0 aromatic heterocycles. The molecule has 1 aliphatic heterocycles. The monoisotopic (exact) mass is 523 g/mol. The van der Waals surface area contributed by atoms with E-state index in [0.717, 1.165) is 12.1 Å². The second-order valence-electron chi connectivity index (χ2n) is 7.72. The van der Waals surface area contributed by atoms with Crippen LogP contribution in [0.3, 0.4) is 0 Å². The molecule has 15 heteroatoms. The molecular formula is C20H13F12N3. The molecule has 0 radical (unpaired) electrons. The zero-order valence-corrected chi connectivity index (χ0v) is 16.9. The molecule has 1 heterocycles. The minimum absolute atomic E-state index is 0.0518. The minimum Gasteiger partial charge on any atom is -0.324 e. The van der Waals surface area contributed by atoms with Crippen LogP contribution < -0.4 is 11.3 Å². The van der Waals surface area contributed by atoms with Gasteiger partial charge in [-0.1, -0.05) is 6.07 Å². The number of hydrogen-bond acceptors (Lipinski definition) is 3. The molecule has 1 atom stereocenters. The molecule has 1 aliphatic rings. The van der Waals surface area contributed by atoms with Gasteiger partial charge >= 0.3 is 24.7 Å². The Labute approximate surface area is 188 Å². The van der Waals surface area contributed by atoms with E-state index < -0.39 is 82.3 Å². The molecule has 0 bridgehead atoms. The number of nitrogens with one attached hydrogen (secondary N) is 1. The summed E-state index contributed by atoms with van der Waals surface area (Å²) in [6.45, 7) is -1.33. The lowest BCUT2D eigenvalue weighted by Crippen LogP contribution is -2.44. The maximum Gasteiger partial charge on any atom is 0.418 e. The zero-order chi connectivity index (χ0) is 26.6. The van der Waals surface area contributed by atoms with Crippen molar-refractivity contribution >= 4 is 11.4 Å². The van der Waals surface area contributed by atoms with Crippen molar-refractivity contribution in [1.82, 2.24) is 0 Å². The number of nitrogens with zero attached hydrogens (tertiary/aromatic N) is 1. The van der Waals surface area contributed by atoms with Crippen molar-refractivity contribution in [3.05, 3.63) is 64.2 Å². The van der Waals surface area contributed by atoms with E-state index in [0.29, 0.717) is 6.07 Å². The van der Waals surface area contributed by atoms with Gasteiger partial charge in [0.25, 0.3) is 0 Å². The number of alkyl halides is 12. The topological polar surface area (TPSA) is 50.4 Å². The number of rotatable bonds is 3. The fourth-order valence-electron chi connectivity index (χ4n) is 3.68. The average molecular weight is 523 g/mol. The molecule has 2 aromatic carbocycles. The van der Waals surface area contributed by atoms with Gasteiger partial charge in [0.05, 0.1) is 28.9 Å². The Morgan fingerprint density at radius 3 is 1.71 bits per heavy atom.